The van der Waals surface area contributed by atoms with Crippen LogP contribution >= 0.6 is 0 Å². The molecule has 4 aliphatic rings. The molecular weight excluding hydrogens is 344 g/mol. The zero-order valence-corrected chi connectivity index (χ0v) is 16.9. The molecule has 4 fully saturated rings. The molecule has 0 spiro atoms. The standard InChI is InChI=1S/C11H19NO2.C10H17NO2/c1-2-14-11(13)10-7-8-5-3-4-6-9(8)12-10;1-13-10(12)9-6-7-4-2-3-5-8(7)11-9/h8-10,12H,2-7H2,1H3;7-9,11H,2-6H2,1H3. The number of carbonyl (C=O) groups excluding carboxylic acids is 2. The van der Waals surface area contributed by atoms with Gasteiger partial charge in [-0.05, 0) is 57.3 Å². The number of hydrogen-bond donors (Lipinski definition) is 2. The van der Waals surface area contributed by atoms with Gasteiger partial charge in [0, 0.05) is 12.1 Å². The maximum atomic E-state index is 11.5. The van der Waals surface area contributed by atoms with E-state index in [1.54, 1.807) is 0 Å². The maximum Gasteiger partial charge on any atom is 0.323 e. The van der Waals surface area contributed by atoms with Crippen molar-refractivity contribution in [2.75, 3.05) is 13.7 Å². The first-order valence-corrected chi connectivity index (χ1v) is 10.9. The third-order valence-electron chi connectivity index (χ3n) is 6.78. The Labute approximate surface area is 163 Å². The highest BCUT2D eigenvalue weighted by Crippen LogP contribution is 2.34. The lowest BCUT2D eigenvalue weighted by molar-refractivity contribution is -0.145. The van der Waals surface area contributed by atoms with Crippen LogP contribution in [0.15, 0.2) is 0 Å². The normalized spacial score (nSPS) is 37.4. The molecule has 2 saturated carbocycles. The lowest BCUT2D eigenvalue weighted by Gasteiger charge is -2.24. The number of rotatable bonds is 3. The van der Waals surface area contributed by atoms with E-state index in [2.05, 4.69) is 10.6 Å². The van der Waals surface area contributed by atoms with Gasteiger partial charge in [0.25, 0.3) is 0 Å². The van der Waals surface area contributed by atoms with Gasteiger partial charge in [-0.25, -0.2) is 0 Å². The minimum atomic E-state index is -0.0885. The van der Waals surface area contributed by atoms with Crippen LogP contribution in [0, 0.1) is 11.8 Å². The zero-order chi connectivity index (χ0) is 19.2. The van der Waals surface area contributed by atoms with Gasteiger partial charge in [-0.3, -0.25) is 9.59 Å². The summed E-state index contributed by atoms with van der Waals surface area (Å²) in [7, 11) is 1.46. The first-order valence-electron chi connectivity index (χ1n) is 10.9. The molecule has 0 amide bonds. The van der Waals surface area contributed by atoms with Crippen molar-refractivity contribution in [1.82, 2.24) is 10.6 Å². The van der Waals surface area contributed by atoms with E-state index in [4.69, 9.17) is 9.47 Å². The molecule has 6 nitrogen and oxygen atoms in total. The van der Waals surface area contributed by atoms with Crippen LogP contribution in [0.3, 0.4) is 0 Å². The summed E-state index contributed by atoms with van der Waals surface area (Å²) in [5.74, 6) is 1.30. The van der Waals surface area contributed by atoms with Crippen LogP contribution in [0.25, 0.3) is 0 Å². The van der Waals surface area contributed by atoms with Crippen LogP contribution in [0.5, 0.6) is 0 Å². The number of nitrogens with one attached hydrogen (secondary N) is 2. The number of hydrogen-bond acceptors (Lipinski definition) is 6. The summed E-state index contributed by atoms with van der Waals surface area (Å²) in [6.07, 6.45) is 12.3. The Bertz CT molecular complexity index is 484. The minimum Gasteiger partial charge on any atom is -0.468 e. The summed E-state index contributed by atoms with van der Waals surface area (Å²) in [6, 6.07) is 1.11. The summed E-state index contributed by atoms with van der Waals surface area (Å²) >= 11 is 0. The molecule has 154 valence electrons. The topological polar surface area (TPSA) is 76.7 Å². The molecule has 0 aromatic rings. The second kappa shape index (κ2) is 9.87. The van der Waals surface area contributed by atoms with E-state index in [-0.39, 0.29) is 24.0 Å². The predicted molar refractivity (Wildman–Crippen MR) is 103 cm³/mol. The fraction of sp³-hybridized carbons (Fsp3) is 0.905. The number of carbonyl (C=O) groups is 2. The van der Waals surface area contributed by atoms with Gasteiger partial charge in [0.1, 0.15) is 12.1 Å². The molecular formula is C21H36N2O4. The van der Waals surface area contributed by atoms with E-state index in [1.807, 2.05) is 6.92 Å². The lowest BCUT2D eigenvalue weighted by atomic mass is 9.85. The molecule has 2 heterocycles. The smallest absolute Gasteiger partial charge is 0.323 e. The van der Waals surface area contributed by atoms with Gasteiger partial charge in [0.15, 0.2) is 0 Å². The third-order valence-corrected chi connectivity index (χ3v) is 6.78. The number of esters is 2. The largest absolute Gasteiger partial charge is 0.468 e. The van der Waals surface area contributed by atoms with Gasteiger partial charge >= 0.3 is 11.9 Å². The Morgan fingerprint density at radius 3 is 1.74 bits per heavy atom. The van der Waals surface area contributed by atoms with Crippen molar-refractivity contribution in [2.45, 2.75) is 95.3 Å². The van der Waals surface area contributed by atoms with Crippen LogP contribution in [0.1, 0.15) is 71.1 Å². The molecule has 2 aliphatic carbocycles. The molecule has 4 rings (SSSR count). The molecule has 0 aromatic carbocycles. The highest BCUT2D eigenvalue weighted by atomic mass is 16.5. The molecule has 2 N–H and O–H groups in total. The molecule has 2 aliphatic heterocycles. The average molecular weight is 381 g/mol. The van der Waals surface area contributed by atoms with Gasteiger partial charge in [-0.2, -0.15) is 0 Å². The van der Waals surface area contributed by atoms with Crippen LogP contribution in [-0.2, 0) is 19.1 Å². The van der Waals surface area contributed by atoms with Crippen molar-refractivity contribution in [3.05, 3.63) is 0 Å². The Kier molecular flexibility index (Phi) is 7.53. The lowest BCUT2D eigenvalue weighted by Crippen LogP contribution is -2.38. The van der Waals surface area contributed by atoms with Crippen molar-refractivity contribution in [3.63, 3.8) is 0 Å². The molecule has 6 atom stereocenters. The highest BCUT2D eigenvalue weighted by molar-refractivity contribution is 5.76. The van der Waals surface area contributed by atoms with E-state index in [1.165, 1.54) is 58.5 Å². The van der Waals surface area contributed by atoms with E-state index in [9.17, 15) is 9.59 Å². The maximum absolute atomic E-state index is 11.5. The van der Waals surface area contributed by atoms with Crippen LogP contribution in [0.4, 0.5) is 0 Å². The van der Waals surface area contributed by atoms with Crippen LogP contribution < -0.4 is 10.6 Å². The minimum absolute atomic E-state index is 0.0250. The SMILES string of the molecule is CCOC(=O)C1CC2CCCCC2N1.COC(=O)C1CC2CCCCC2N1. The first kappa shape index (κ1) is 20.6. The predicted octanol–water partition coefficient (Wildman–Crippen LogP) is 2.55. The average Bonchev–Trinajstić information content (AvgIpc) is 3.32. The summed E-state index contributed by atoms with van der Waals surface area (Å²) < 4.78 is 9.77. The summed E-state index contributed by atoms with van der Waals surface area (Å²) in [6.45, 7) is 2.35. The molecule has 6 heteroatoms. The Hall–Kier alpha value is -1.14. The highest BCUT2D eigenvalue weighted by Gasteiger charge is 2.39. The van der Waals surface area contributed by atoms with Crippen molar-refractivity contribution < 1.29 is 19.1 Å². The van der Waals surface area contributed by atoms with Gasteiger partial charge < -0.3 is 20.1 Å². The van der Waals surface area contributed by atoms with Crippen molar-refractivity contribution in [2.24, 2.45) is 11.8 Å². The molecule has 2 saturated heterocycles. The van der Waals surface area contributed by atoms with E-state index in [0.29, 0.717) is 18.7 Å². The molecule has 0 aromatic heterocycles. The summed E-state index contributed by atoms with van der Waals surface area (Å²) in [5.41, 5.74) is 0. The van der Waals surface area contributed by atoms with Crippen LogP contribution in [-0.4, -0.2) is 49.8 Å². The Balaban J connectivity index is 0.000000156. The van der Waals surface area contributed by atoms with E-state index in [0.717, 1.165) is 24.7 Å². The number of ether oxygens (including phenoxy) is 2. The van der Waals surface area contributed by atoms with Gasteiger partial charge in [0.05, 0.1) is 13.7 Å². The fourth-order valence-corrected chi connectivity index (χ4v) is 5.39. The molecule has 0 radical (unpaired) electrons. The van der Waals surface area contributed by atoms with Crippen molar-refractivity contribution in [3.8, 4) is 0 Å². The van der Waals surface area contributed by atoms with Crippen molar-refractivity contribution >= 4 is 11.9 Å². The van der Waals surface area contributed by atoms with Crippen LogP contribution in [0.2, 0.25) is 0 Å². The summed E-state index contributed by atoms with van der Waals surface area (Å²) in [5, 5.41) is 6.77. The third kappa shape index (κ3) is 5.23. The van der Waals surface area contributed by atoms with Crippen molar-refractivity contribution in [1.29, 1.82) is 0 Å². The van der Waals surface area contributed by atoms with Gasteiger partial charge in [0.2, 0.25) is 0 Å². The first-order chi connectivity index (χ1) is 13.1. The van der Waals surface area contributed by atoms with Gasteiger partial charge in [-0.15, -0.1) is 0 Å². The zero-order valence-electron chi connectivity index (χ0n) is 16.9. The molecule has 6 unspecified atom stereocenters. The monoisotopic (exact) mass is 380 g/mol. The number of methoxy groups -OCH3 is 1. The number of fused-ring (bicyclic) bond motifs is 2. The van der Waals surface area contributed by atoms with E-state index < -0.39 is 0 Å². The van der Waals surface area contributed by atoms with Gasteiger partial charge in [-0.1, -0.05) is 25.7 Å². The quantitative estimate of drug-likeness (QED) is 0.733. The second-order valence-electron chi connectivity index (χ2n) is 8.49. The molecule has 0 bridgehead atoms. The Morgan fingerprint density at radius 2 is 1.30 bits per heavy atom. The fourth-order valence-electron chi connectivity index (χ4n) is 5.39. The van der Waals surface area contributed by atoms with E-state index >= 15 is 0 Å². The molecule has 27 heavy (non-hydrogen) atoms. The summed E-state index contributed by atoms with van der Waals surface area (Å²) in [4.78, 5) is 22.8. The second-order valence-corrected chi connectivity index (χ2v) is 8.49. The Morgan fingerprint density at radius 1 is 0.815 bits per heavy atom.